The molecule has 2 heterocycles. The molecule has 1 aliphatic rings. The number of rotatable bonds is 4. The summed E-state index contributed by atoms with van der Waals surface area (Å²) in [6.07, 6.45) is 3.34. The number of likely N-dealkylation sites (N-methyl/N-ethyl adjacent to an activating group) is 1. The van der Waals surface area contributed by atoms with Gasteiger partial charge in [-0.15, -0.1) is 0 Å². The Morgan fingerprint density at radius 2 is 1.88 bits per heavy atom. The van der Waals surface area contributed by atoms with Crippen molar-refractivity contribution in [3.63, 3.8) is 0 Å². The van der Waals surface area contributed by atoms with E-state index in [1.165, 1.54) is 27.7 Å². The average Bonchev–Trinajstić information content (AvgIpc) is 2.95. The Morgan fingerprint density at radius 3 is 2.68 bits per heavy atom. The van der Waals surface area contributed by atoms with Crippen LogP contribution in [0.5, 0.6) is 0 Å². The Kier molecular flexibility index (Phi) is 4.58. The number of nitrogens with zero attached hydrogens (tertiary/aromatic N) is 2. The van der Waals surface area contributed by atoms with Crippen LogP contribution in [0.15, 0.2) is 48.5 Å². The molecular weight excluding hydrogens is 328 g/mol. The lowest BCUT2D eigenvalue weighted by Gasteiger charge is -2.31. The van der Waals surface area contributed by atoms with Crippen molar-refractivity contribution in [2.24, 2.45) is 0 Å². The van der Waals surface area contributed by atoms with Crippen molar-refractivity contribution in [3.8, 4) is 0 Å². The molecule has 0 spiro atoms. The number of hydrogen-bond acceptors (Lipinski definition) is 1. The third-order valence-electron chi connectivity index (χ3n) is 5.65. The second kappa shape index (κ2) is 6.86. The molecule has 3 heteroatoms. The largest absolute Gasteiger partial charge is 0.343 e. The van der Waals surface area contributed by atoms with Gasteiger partial charge in [0.25, 0.3) is 0 Å². The van der Waals surface area contributed by atoms with Crippen molar-refractivity contribution in [1.82, 2.24) is 9.47 Å². The van der Waals surface area contributed by atoms with Crippen LogP contribution in [0.3, 0.4) is 0 Å². The maximum Gasteiger partial charge on any atom is 0.0675 e. The highest BCUT2D eigenvalue weighted by Crippen LogP contribution is 2.39. The van der Waals surface area contributed by atoms with E-state index in [0.717, 1.165) is 37.4 Å². The number of aromatic nitrogens is 1. The van der Waals surface area contributed by atoms with Gasteiger partial charge in [0, 0.05) is 36.6 Å². The van der Waals surface area contributed by atoms with E-state index in [1.54, 1.807) is 0 Å². The van der Waals surface area contributed by atoms with Crippen molar-refractivity contribution in [2.75, 3.05) is 13.6 Å². The Morgan fingerprint density at radius 1 is 1.08 bits per heavy atom. The molecule has 1 aliphatic heterocycles. The minimum Gasteiger partial charge on any atom is -0.343 e. The second-order valence-electron chi connectivity index (χ2n) is 7.14. The van der Waals surface area contributed by atoms with Gasteiger partial charge < -0.3 is 4.57 Å². The maximum atomic E-state index is 6.63. The zero-order valence-electron chi connectivity index (χ0n) is 15.0. The Balaban J connectivity index is 1.71. The first-order chi connectivity index (χ1) is 12.2. The third kappa shape index (κ3) is 2.98. The molecule has 0 N–H and O–H groups in total. The van der Waals surface area contributed by atoms with Crippen molar-refractivity contribution in [1.29, 1.82) is 0 Å². The molecular formula is C22H25ClN2. The molecule has 0 bridgehead atoms. The van der Waals surface area contributed by atoms with Gasteiger partial charge in [-0.1, -0.05) is 54.1 Å². The molecule has 1 unspecified atom stereocenters. The molecule has 1 atom stereocenters. The quantitative estimate of drug-likeness (QED) is 0.603. The van der Waals surface area contributed by atoms with E-state index in [2.05, 4.69) is 65.9 Å². The first-order valence-corrected chi connectivity index (χ1v) is 9.58. The van der Waals surface area contributed by atoms with E-state index >= 15 is 0 Å². The minimum atomic E-state index is 0.445. The monoisotopic (exact) mass is 352 g/mol. The molecule has 130 valence electrons. The van der Waals surface area contributed by atoms with E-state index in [-0.39, 0.29) is 0 Å². The van der Waals surface area contributed by atoms with Crippen molar-refractivity contribution in [3.05, 3.63) is 70.4 Å². The number of para-hydroxylation sites is 1. The van der Waals surface area contributed by atoms with Gasteiger partial charge in [-0.05, 0) is 44.0 Å². The summed E-state index contributed by atoms with van der Waals surface area (Å²) in [7, 11) is 2.22. The number of aryl methyl sites for hydroxylation is 2. The SMILES string of the molecule is CC1c2c(n(CCCc3ccccc3)c3c(Cl)cccc23)CCN1C. The van der Waals surface area contributed by atoms with Crippen LogP contribution < -0.4 is 0 Å². The standard InChI is InChI=1S/C22H25ClN2/c1-16-21-18-11-6-12-19(23)22(18)25(20(21)13-15-24(16)2)14-7-10-17-8-4-3-5-9-17/h3-6,8-9,11-12,16H,7,10,13-15H2,1-2H3. The summed E-state index contributed by atoms with van der Waals surface area (Å²) in [6.45, 7) is 4.45. The lowest BCUT2D eigenvalue weighted by molar-refractivity contribution is 0.245. The normalized spacial score (nSPS) is 17.8. The highest BCUT2D eigenvalue weighted by Gasteiger charge is 2.28. The maximum absolute atomic E-state index is 6.63. The average molecular weight is 353 g/mol. The lowest BCUT2D eigenvalue weighted by Crippen LogP contribution is -2.31. The molecule has 2 aromatic carbocycles. The van der Waals surface area contributed by atoms with Gasteiger partial charge in [-0.25, -0.2) is 0 Å². The Hall–Kier alpha value is -1.77. The van der Waals surface area contributed by atoms with Gasteiger partial charge >= 0.3 is 0 Å². The van der Waals surface area contributed by atoms with E-state index in [1.807, 2.05) is 6.07 Å². The number of fused-ring (bicyclic) bond motifs is 3. The van der Waals surface area contributed by atoms with Crippen molar-refractivity contribution < 1.29 is 0 Å². The zero-order valence-corrected chi connectivity index (χ0v) is 15.8. The predicted octanol–water partition coefficient (Wildman–Crippen LogP) is 5.48. The van der Waals surface area contributed by atoms with Crippen LogP contribution in [-0.4, -0.2) is 23.1 Å². The predicted molar refractivity (Wildman–Crippen MR) is 106 cm³/mol. The van der Waals surface area contributed by atoms with Gasteiger partial charge in [0.05, 0.1) is 10.5 Å². The number of hydrogen-bond donors (Lipinski definition) is 0. The minimum absolute atomic E-state index is 0.445. The molecule has 2 nitrogen and oxygen atoms in total. The van der Waals surface area contributed by atoms with Crippen LogP contribution in [0.1, 0.15) is 36.2 Å². The van der Waals surface area contributed by atoms with Crippen LogP contribution in [0.25, 0.3) is 10.9 Å². The summed E-state index contributed by atoms with van der Waals surface area (Å²) in [6, 6.07) is 17.5. The molecule has 0 saturated carbocycles. The first-order valence-electron chi connectivity index (χ1n) is 9.20. The molecule has 0 aliphatic carbocycles. The summed E-state index contributed by atoms with van der Waals surface area (Å²) in [5.74, 6) is 0. The Bertz CT molecular complexity index is 882. The fourth-order valence-corrected chi connectivity index (χ4v) is 4.48. The van der Waals surface area contributed by atoms with Gasteiger partial charge in [0.2, 0.25) is 0 Å². The topological polar surface area (TPSA) is 8.17 Å². The Labute approximate surface area is 155 Å². The number of benzene rings is 2. The van der Waals surface area contributed by atoms with Gasteiger partial charge in [-0.3, -0.25) is 4.90 Å². The smallest absolute Gasteiger partial charge is 0.0675 e. The molecule has 0 amide bonds. The molecule has 0 fully saturated rings. The summed E-state index contributed by atoms with van der Waals surface area (Å²) >= 11 is 6.63. The molecule has 1 aromatic heterocycles. The molecule has 0 saturated heterocycles. The van der Waals surface area contributed by atoms with Crippen LogP contribution in [-0.2, 0) is 19.4 Å². The van der Waals surface area contributed by atoms with E-state index < -0.39 is 0 Å². The zero-order chi connectivity index (χ0) is 17.4. The summed E-state index contributed by atoms with van der Waals surface area (Å²) in [5.41, 5.74) is 5.60. The number of halogens is 1. The summed E-state index contributed by atoms with van der Waals surface area (Å²) in [4.78, 5) is 2.44. The van der Waals surface area contributed by atoms with Crippen LogP contribution in [0.4, 0.5) is 0 Å². The highest BCUT2D eigenvalue weighted by atomic mass is 35.5. The summed E-state index contributed by atoms with van der Waals surface area (Å²) < 4.78 is 2.50. The highest BCUT2D eigenvalue weighted by molar-refractivity contribution is 6.35. The van der Waals surface area contributed by atoms with E-state index in [4.69, 9.17) is 11.6 Å². The van der Waals surface area contributed by atoms with Gasteiger partial charge in [0.1, 0.15) is 0 Å². The third-order valence-corrected chi connectivity index (χ3v) is 5.96. The van der Waals surface area contributed by atoms with Gasteiger partial charge in [0.15, 0.2) is 0 Å². The fraction of sp³-hybridized carbons (Fsp3) is 0.364. The van der Waals surface area contributed by atoms with E-state index in [0.29, 0.717) is 6.04 Å². The first kappa shape index (κ1) is 16.7. The van der Waals surface area contributed by atoms with Gasteiger partial charge in [-0.2, -0.15) is 0 Å². The van der Waals surface area contributed by atoms with Crippen LogP contribution in [0.2, 0.25) is 5.02 Å². The molecule has 4 rings (SSSR count). The molecule has 25 heavy (non-hydrogen) atoms. The fourth-order valence-electron chi connectivity index (χ4n) is 4.21. The van der Waals surface area contributed by atoms with E-state index in [9.17, 15) is 0 Å². The summed E-state index contributed by atoms with van der Waals surface area (Å²) in [5, 5.41) is 2.21. The molecule has 3 aromatic rings. The van der Waals surface area contributed by atoms with Crippen LogP contribution in [0, 0.1) is 0 Å². The molecule has 0 radical (unpaired) electrons. The van der Waals surface area contributed by atoms with Crippen LogP contribution >= 0.6 is 11.6 Å². The lowest BCUT2D eigenvalue weighted by atomic mass is 9.97. The second-order valence-corrected chi connectivity index (χ2v) is 7.55. The van der Waals surface area contributed by atoms with Crippen molar-refractivity contribution >= 4 is 22.5 Å². The van der Waals surface area contributed by atoms with Crippen molar-refractivity contribution in [2.45, 2.75) is 38.8 Å².